The molecule has 142 valence electrons. The third kappa shape index (κ3) is 4.47. The van der Waals surface area contributed by atoms with Gasteiger partial charge >= 0.3 is 0 Å². The zero-order valence-corrected chi connectivity index (χ0v) is 15.4. The van der Waals surface area contributed by atoms with Crippen LogP contribution in [0.2, 0.25) is 0 Å². The highest BCUT2D eigenvalue weighted by molar-refractivity contribution is 7.89. The van der Waals surface area contributed by atoms with Gasteiger partial charge in [0.15, 0.2) is 5.78 Å². The van der Waals surface area contributed by atoms with Crippen LogP contribution in [-0.2, 0) is 24.3 Å². The summed E-state index contributed by atoms with van der Waals surface area (Å²) in [6, 6.07) is 5.31. The number of sulfonamides is 1. The number of benzene rings is 1. The lowest BCUT2D eigenvalue weighted by Crippen LogP contribution is -2.53. The highest BCUT2D eigenvalue weighted by Crippen LogP contribution is 2.32. The molecular formula is C17H23N3O5S. The maximum absolute atomic E-state index is 12.5. The summed E-state index contributed by atoms with van der Waals surface area (Å²) in [6.07, 6.45) is 1.38. The lowest BCUT2D eigenvalue weighted by molar-refractivity contribution is -0.141. The van der Waals surface area contributed by atoms with Crippen molar-refractivity contribution in [3.05, 3.63) is 24.3 Å². The lowest BCUT2D eigenvalue weighted by atomic mass is 10.1. The van der Waals surface area contributed by atoms with Crippen molar-refractivity contribution in [2.45, 2.75) is 36.8 Å². The van der Waals surface area contributed by atoms with E-state index in [0.29, 0.717) is 25.4 Å². The highest BCUT2D eigenvalue weighted by atomic mass is 32.2. The third-order valence-corrected chi connectivity index (χ3v) is 5.66. The van der Waals surface area contributed by atoms with Gasteiger partial charge in [-0.2, -0.15) is 0 Å². The van der Waals surface area contributed by atoms with Gasteiger partial charge in [0.2, 0.25) is 15.9 Å². The SMILES string of the molecule is C[C@H](C(=O)Nc1cccc(S(N)(=O)=O)c1)N1CCO[C@@H](C(=O)C2CC2)C1. The summed E-state index contributed by atoms with van der Waals surface area (Å²) in [6.45, 7) is 3.10. The van der Waals surface area contributed by atoms with Crippen molar-refractivity contribution in [3.8, 4) is 0 Å². The van der Waals surface area contributed by atoms with Crippen molar-refractivity contribution in [1.82, 2.24) is 4.90 Å². The van der Waals surface area contributed by atoms with Gasteiger partial charge in [-0.3, -0.25) is 14.5 Å². The molecule has 0 radical (unpaired) electrons. The van der Waals surface area contributed by atoms with Crippen molar-refractivity contribution in [1.29, 1.82) is 0 Å². The van der Waals surface area contributed by atoms with Crippen LogP contribution in [0.1, 0.15) is 19.8 Å². The number of nitrogens with one attached hydrogen (secondary N) is 1. The smallest absolute Gasteiger partial charge is 0.241 e. The summed E-state index contributed by atoms with van der Waals surface area (Å²) >= 11 is 0. The molecule has 1 aromatic rings. The Bertz CT molecular complexity index is 806. The van der Waals surface area contributed by atoms with Crippen molar-refractivity contribution in [2.24, 2.45) is 11.1 Å². The molecule has 1 aliphatic heterocycles. The topological polar surface area (TPSA) is 119 Å². The van der Waals surface area contributed by atoms with Gasteiger partial charge in [-0.15, -0.1) is 0 Å². The maximum Gasteiger partial charge on any atom is 0.241 e. The van der Waals surface area contributed by atoms with Crippen LogP contribution in [0.5, 0.6) is 0 Å². The number of carbonyl (C=O) groups excluding carboxylic acids is 2. The van der Waals surface area contributed by atoms with E-state index in [-0.39, 0.29) is 22.5 Å². The predicted octanol–water partition coefficient (Wildman–Crippen LogP) is 0.341. The minimum absolute atomic E-state index is 0.0654. The third-order valence-electron chi connectivity index (χ3n) is 4.75. The highest BCUT2D eigenvalue weighted by Gasteiger charge is 2.39. The molecule has 0 aromatic heterocycles. The summed E-state index contributed by atoms with van der Waals surface area (Å²) in [5.74, 6) is -0.0377. The van der Waals surface area contributed by atoms with Gasteiger partial charge in [-0.05, 0) is 38.0 Å². The quantitative estimate of drug-likeness (QED) is 0.733. The minimum atomic E-state index is -3.84. The summed E-state index contributed by atoms with van der Waals surface area (Å²) in [4.78, 5) is 26.6. The average molecular weight is 381 g/mol. The molecule has 1 amide bonds. The van der Waals surface area contributed by atoms with Gasteiger partial charge in [0.05, 0.1) is 17.5 Å². The number of nitrogens with zero attached hydrogens (tertiary/aromatic N) is 1. The van der Waals surface area contributed by atoms with E-state index < -0.39 is 22.2 Å². The number of hydrogen-bond donors (Lipinski definition) is 2. The van der Waals surface area contributed by atoms with E-state index in [0.717, 1.165) is 12.8 Å². The minimum Gasteiger partial charge on any atom is -0.368 e. The first-order valence-electron chi connectivity index (χ1n) is 8.59. The summed E-state index contributed by atoms with van der Waals surface area (Å²) in [5, 5.41) is 7.82. The fourth-order valence-corrected chi connectivity index (χ4v) is 3.55. The van der Waals surface area contributed by atoms with E-state index in [2.05, 4.69) is 5.32 Å². The molecule has 1 aromatic carbocycles. The van der Waals surface area contributed by atoms with Crippen molar-refractivity contribution < 1.29 is 22.7 Å². The van der Waals surface area contributed by atoms with Gasteiger partial charge in [-0.25, -0.2) is 13.6 Å². The van der Waals surface area contributed by atoms with Crippen molar-refractivity contribution >= 4 is 27.4 Å². The molecule has 2 atom stereocenters. The molecule has 9 heteroatoms. The van der Waals surface area contributed by atoms with E-state index in [1.54, 1.807) is 13.0 Å². The first-order valence-corrected chi connectivity index (χ1v) is 10.1. The summed E-state index contributed by atoms with van der Waals surface area (Å²) in [5.41, 5.74) is 0.354. The lowest BCUT2D eigenvalue weighted by Gasteiger charge is -2.35. The summed E-state index contributed by atoms with van der Waals surface area (Å²) < 4.78 is 28.4. The molecule has 1 heterocycles. The number of amides is 1. The number of primary sulfonamides is 1. The van der Waals surface area contributed by atoms with Crippen molar-refractivity contribution in [2.75, 3.05) is 25.0 Å². The van der Waals surface area contributed by atoms with E-state index >= 15 is 0 Å². The molecule has 1 aliphatic carbocycles. The number of rotatable bonds is 6. The molecule has 0 bridgehead atoms. The Labute approximate surface area is 152 Å². The van der Waals surface area contributed by atoms with Gasteiger partial charge in [0, 0.05) is 24.7 Å². The van der Waals surface area contributed by atoms with Crippen LogP contribution in [-0.4, -0.2) is 56.9 Å². The van der Waals surface area contributed by atoms with Crippen molar-refractivity contribution in [3.63, 3.8) is 0 Å². The Balaban J connectivity index is 1.63. The number of carbonyl (C=O) groups is 2. The molecule has 26 heavy (non-hydrogen) atoms. The molecule has 3 rings (SSSR count). The van der Waals surface area contributed by atoms with Crippen LogP contribution in [0.25, 0.3) is 0 Å². The van der Waals surface area contributed by atoms with Crippen LogP contribution in [0, 0.1) is 5.92 Å². The second-order valence-electron chi connectivity index (χ2n) is 6.77. The number of ether oxygens (including phenoxy) is 1. The standard InChI is InChI=1S/C17H23N3O5S/c1-11(20-7-8-25-15(10-20)16(21)12-5-6-12)17(22)19-13-3-2-4-14(9-13)26(18,23)24/h2-4,9,11-12,15H,5-8,10H2,1H3,(H,19,22)(H2,18,23,24)/t11-,15-/m1/s1. The van der Waals surface area contributed by atoms with Gasteiger partial charge in [0.1, 0.15) is 6.10 Å². The van der Waals surface area contributed by atoms with Crippen LogP contribution >= 0.6 is 0 Å². The number of hydrogen-bond acceptors (Lipinski definition) is 6. The monoisotopic (exact) mass is 381 g/mol. The molecule has 1 saturated carbocycles. The molecule has 1 saturated heterocycles. The number of nitrogens with two attached hydrogens (primary N) is 1. The Kier molecular flexibility index (Phi) is 5.42. The molecule has 2 aliphatic rings. The number of morpholine rings is 1. The van der Waals surface area contributed by atoms with E-state index in [4.69, 9.17) is 9.88 Å². The van der Waals surface area contributed by atoms with E-state index in [1.165, 1.54) is 18.2 Å². The largest absolute Gasteiger partial charge is 0.368 e. The molecule has 3 N–H and O–H groups in total. The Hall–Kier alpha value is -1.81. The Morgan fingerprint density at radius 3 is 2.73 bits per heavy atom. The van der Waals surface area contributed by atoms with Crippen LogP contribution in [0.3, 0.4) is 0 Å². The second kappa shape index (κ2) is 7.43. The van der Waals surface area contributed by atoms with E-state index in [1.807, 2.05) is 4.90 Å². The van der Waals surface area contributed by atoms with Gasteiger partial charge < -0.3 is 10.1 Å². The fourth-order valence-electron chi connectivity index (χ4n) is 2.99. The molecule has 0 spiro atoms. The zero-order chi connectivity index (χ0) is 18.9. The van der Waals surface area contributed by atoms with E-state index in [9.17, 15) is 18.0 Å². The predicted molar refractivity (Wildman–Crippen MR) is 95.0 cm³/mol. The molecule has 0 unspecified atom stereocenters. The van der Waals surface area contributed by atoms with Gasteiger partial charge in [0.25, 0.3) is 0 Å². The normalized spacial score (nSPS) is 22.6. The van der Waals surface area contributed by atoms with Gasteiger partial charge in [-0.1, -0.05) is 6.07 Å². The average Bonchev–Trinajstić information content (AvgIpc) is 3.45. The number of ketones is 1. The molecular weight excluding hydrogens is 358 g/mol. The number of Topliss-reactive ketones (excluding diaryl/α,β-unsaturated/α-hetero) is 1. The Morgan fingerprint density at radius 2 is 2.08 bits per heavy atom. The van der Waals surface area contributed by atoms with Crippen LogP contribution in [0.15, 0.2) is 29.2 Å². The molecule has 2 fully saturated rings. The first-order chi connectivity index (χ1) is 12.3. The first kappa shape index (κ1) is 19.0. The Morgan fingerprint density at radius 1 is 1.35 bits per heavy atom. The fraction of sp³-hybridized carbons (Fsp3) is 0.529. The maximum atomic E-state index is 12.5. The van der Waals surface area contributed by atoms with Crippen LogP contribution < -0.4 is 10.5 Å². The number of anilines is 1. The second-order valence-corrected chi connectivity index (χ2v) is 8.33. The zero-order valence-electron chi connectivity index (χ0n) is 14.6. The summed E-state index contributed by atoms with van der Waals surface area (Å²) in [7, 11) is -3.84. The molecule has 8 nitrogen and oxygen atoms in total. The van der Waals surface area contributed by atoms with Crippen LogP contribution in [0.4, 0.5) is 5.69 Å².